The summed E-state index contributed by atoms with van der Waals surface area (Å²) in [6, 6.07) is 8.61. The van der Waals surface area contributed by atoms with Crippen LogP contribution in [-0.4, -0.2) is 12.6 Å². The predicted octanol–water partition coefficient (Wildman–Crippen LogP) is 3.44. The van der Waals surface area contributed by atoms with Crippen molar-refractivity contribution in [2.75, 3.05) is 6.54 Å². The van der Waals surface area contributed by atoms with Crippen LogP contribution >= 0.6 is 11.6 Å². The van der Waals surface area contributed by atoms with Crippen molar-refractivity contribution in [1.29, 1.82) is 0 Å². The summed E-state index contributed by atoms with van der Waals surface area (Å²) in [6.07, 6.45) is 0. The Hall–Kier alpha value is -0.530. The van der Waals surface area contributed by atoms with Crippen LogP contribution in [0.25, 0.3) is 0 Å². The summed E-state index contributed by atoms with van der Waals surface area (Å²) in [6.45, 7) is 7.52. The second-order valence-electron chi connectivity index (χ2n) is 4.02. The van der Waals surface area contributed by atoms with Gasteiger partial charge < -0.3 is 5.32 Å². The maximum atomic E-state index is 5.93. The highest BCUT2D eigenvalue weighted by Gasteiger charge is 2.05. The smallest absolute Gasteiger partial charge is 0.0408 e. The fourth-order valence-electron chi connectivity index (χ4n) is 1.34. The summed E-state index contributed by atoms with van der Waals surface area (Å²) in [5.74, 6) is 0.510. The van der Waals surface area contributed by atoms with E-state index in [4.69, 9.17) is 11.6 Å². The minimum absolute atomic E-state index is 0.510. The molecule has 0 aliphatic heterocycles. The first kappa shape index (κ1) is 11.5. The minimum atomic E-state index is 0.510. The van der Waals surface area contributed by atoms with Crippen LogP contribution < -0.4 is 5.32 Å². The molecule has 78 valence electrons. The molecule has 1 aromatic rings. The van der Waals surface area contributed by atoms with Gasteiger partial charge in [-0.15, -0.1) is 0 Å². The average Bonchev–Trinajstić information content (AvgIpc) is 2.14. The van der Waals surface area contributed by atoms with Crippen molar-refractivity contribution >= 4 is 11.6 Å². The highest BCUT2D eigenvalue weighted by atomic mass is 35.5. The molecule has 0 spiro atoms. The Morgan fingerprint density at radius 2 is 2.00 bits per heavy atom. The summed E-state index contributed by atoms with van der Waals surface area (Å²) in [7, 11) is 0. The van der Waals surface area contributed by atoms with Crippen LogP contribution in [0.4, 0.5) is 0 Å². The molecule has 1 atom stereocenters. The van der Waals surface area contributed by atoms with E-state index in [0.717, 1.165) is 11.6 Å². The summed E-state index contributed by atoms with van der Waals surface area (Å²) in [5, 5.41) is 4.24. The molecule has 1 N–H and O–H groups in total. The SMILES string of the molecule is CC(C)NCC(C)c1cccc(Cl)c1. The third-order valence-corrected chi connectivity index (χ3v) is 2.49. The molecule has 14 heavy (non-hydrogen) atoms. The van der Waals surface area contributed by atoms with Crippen molar-refractivity contribution in [2.45, 2.75) is 32.7 Å². The number of halogens is 1. The predicted molar refractivity (Wildman–Crippen MR) is 63.0 cm³/mol. The largest absolute Gasteiger partial charge is 0.314 e. The fourth-order valence-corrected chi connectivity index (χ4v) is 1.54. The Kier molecular flexibility index (Phi) is 4.43. The first-order valence-corrected chi connectivity index (χ1v) is 5.46. The molecule has 1 aromatic carbocycles. The molecule has 0 aliphatic carbocycles. The molecule has 0 amide bonds. The van der Waals surface area contributed by atoms with Crippen molar-refractivity contribution in [3.63, 3.8) is 0 Å². The van der Waals surface area contributed by atoms with E-state index in [-0.39, 0.29) is 0 Å². The van der Waals surface area contributed by atoms with Gasteiger partial charge in [-0.1, -0.05) is 44.5 Å². The van der Waals surface area contributed by atoms with E-state index in [9.17, 15) is 0 Å². The van der Waals surface area contributed by atoms with E-state index in [1.165, 1.54) is 5.56 Å². The molecule has 2 heteroatoms. The summed E-state index contributed by atoms with van der Waals surface area (Å²) in [4.78, 5) is 0. The van der Waals surface area contributed by atoms with Gasteiger partial charge in [0.15, 0.2) is 0 Å². The lowest BCUT2D eigenvalue weighted by Gasteiger charge is -2.15. The molecule has 1 rings (SSSR count). The van der Waals surface area contributed by atoms with E-state index in [1.807, 2.05) is 18.2 Å². The van der Waals surface area contributed by atoms with Gasteiger partial charge in [0.05, 0.1) is 0 Å². The van der Waals surface area contributed by atoms with E-state index in [0.29, 0.717) is 12.0 Å². The maximum absolute atomic E-state index is 5.93. The van der Waals surface area contributed by atoms with Crippen LogP contribution in [0.1, 0.15) is 32.3 Å². The highest BCUT2D eigenvalue weighted by Crippen LogP contribution is 2.18. The number of hydrogen-bond acceptors (Lipinski definition) is 1. The fraction of sp³-hybridized carbons (Fsp3) is 0.500. The van der Waals surface area contributed by atoms with E-state index in [1.54, 1.807) is 0 Å². The van der Waals surface area contributed by atoms with Crippen molar-refractivity contribution in [2.24, 2.45) is 0 Å². The third-order valence-electron chi connectivity index (χ3n) is 2.25. The number of rotatable bonds is 4. The van der Waals surface area contributed by atoms with E-state index in [2.05, 4.69) is 32.2 Å². The standard InChI is InChI=1S/C12H18ClN/c1-9(2)14-8-10(3)11-5-4-6-12(13)7-11/h4-7,9-10,14H,8H2,1-3H3. The first-order valence-electron chi connectivity index (χ1n) is 5.08. The third kappa shape index (κ3) is 3.69. The molecule has 0 bridgehead atoms. The second kappa shape index (κ2) is 5.38. The quantitative estimate of drug-likeness (QED) is 0.805. The Labute approximate surface area is 91.5 Å². The average molecular weight is 212 g/mol. The summed E-state index contributed by atoms with van der Waals surface area (Å²) < 4.78 is 0. The van der Waals surface area contributed by atoms with Crippen LogP contribution in [0, 0.1) is 0 Å². The zero-order chi connectivity index (χ0) is 10.6. The molecule has 0 fully saturated rings. The lowest BCUT2D eigenvalue weighted by Crippen LogP contribution is -2.26. The molecule has 1 nitrogen and oxygen atoms in total. The molecular weight excluding hydrogens is 194 g/mol. The lowest BCUT2D eigenvalue weighted by molar-refractivity contribution is 0.548. The van der Waals surface area contributed by atoms with Gasteiger partial charge in [0.25, 0.3) is 0 Å². The molecule has 1 unspecified atom stereocenters. The Bertz CT molecular complexity index is 283. The van der Waals surface area contributed by atoms with Gasteiger partial charge in [-0.25, -0.2) is 0 Å². The number of benzene rings is 1. The highest BCUT2D eigenvalue weighted by molar-refractivity contribution is 6.30. The van der Waals surface area contributed by atoms with Gasteiger partial charge in [0, 0.05) is 17.6 Å². The van der Waals surface area contributed by atoms with Crippen LogP contribution in [0.5, 0.6) is 0 Å². The molecular formula is C12H18ClN. The van der Waals surface area contributed by atoms with Gasteiger partial charge in [0.2, 0.25) is 0 Å². The first-order chi connectivity index (χ1) is 6.59. The van der Waals surface area contributed by atoms with Crippen LogP contribution in [0.2, 0.25) is 5.02 Å². The van der Waals surface area contributed by atoms with Gasteiger partial charge in [-0.2, -0.15) is 0 Å². The normalized spacial score (nSPS) is 13.2. The topological polar surface area (TPSA) is 12.0 Å². The molecule has 0 saturated carbocycles. The van der Waals surface area contributed by atoms with Gasteiger partial charge in [-0.05, 0) is 23.6 Å². The van der Waals surface area contributed by atoms with Crippen molar-refractivity contribution < 1.29 is 0 Å². The van der Waals surface area contributed by atoms with Gasteiger partial charge >= 0.3 is 0 Å². The zero-order valence-electron chi connectivity index (χ0n) is 9.05. The van der Waals surface area contributed by atoms with Crippen LogP contribution in [-0.2, 0) is 0 Å². The minimum Gasteiger partial charge on any atom is -0.314 e. The summed E-state index contributed by atoms with van der Waals surface area (Å²) >= 11 is 5.93. The van der Waals surface area contributed by atoms with Gasteiger partial charge in [-0.3, -0.25) is 0 Å². The summed E-state index contributed by atoms with van der Waals surface area (Å²) in [5.41, 5.74) is 1.30. The molecule has 0 saturated heterocycles. The molecule has 0 heterocycles. The van der Waals surface area contributed by atoms with Gasteiger partial charge in [0.1, 0.15) is 0 Å². The number of nitrogens with one attached hydrogen (secondary N) is 1. The van der Waals surface area contributed by atoms with E-state index < -0.39 is 0 Å². The lowest BCUT2D eigenvalue weighted by atomic mass is 10.0. The Morgan fingerprint density at radius 3 is 2.57 bits per heavy atom. The molecule has 0 aromatic heterocycles. The number of hydrogen-bond donors (Lipinski definition) is 1. The molecule has 0 radical (unpaired) electrons. The van der Waals surface area contributed by atoms with Crippen molar-refractivity contribution in [3.8, 4) is 0 Å². The zero-order valence-corrected chi connectivity index (χ0v) is 9.81. The van der Waals surface area contributed by atoms with E-state index >= 15 is 0 Å². The van der Waals surface area contributed by atoms with Crippen molar-refractivity contribution in [3.05, 3.63) is 34.9 Å². The van der Waals surface area contributed by atoms with Crippen LogP contribution in [0.3, 0.4) is 0 Å². The Balaban J connectivity index is 2.56. The van der Waals surface area contributed by atoms with Crippen molar-refractivity contribution in [1.82, 2.24) is 5.32 Å². The van der Waals surface area contributed by atoms with Crippen LogP contribution in [0.15, 0.2) is 24.3 Å². The second-order valence-corrected chi connectivity index (χ2v) is 4.46. The molecule has 0 aliphatic rings. The monoisotopic (exact) mass is 211 g/mol. The Morgan fingerprint density at radius 1 is 1.29 bits per heavy atom. The maximum Gasteiger partial charge on any atom is 0.0408 e.